The summed E-state index contributed by atoms with van der Waals surface area (Å²) in [7, 11) is 1.76. The monoisotopic (exact) mass is 306 g/mol. The van der Waals surface area contributed by atoms with Crippen LogP contribution in [-0.4, -0.2) is 12.8 Å². The lowest BCUT2D eigenvalue weighted by molar-refractivity contribution is 0.482. The van der Waals surface area contributed by atoms with Gasteiger partial charge in [0.1, 0.15) is 11.5 Å². The van der Waals surface area contributed by atoms with Crippen molar-refractivity contribution in [3.63, 3.8) is 0 Å². The number of aliphatic imine (C=N–C) groups is 1. The minimum atomic E-state index is 0.523. The molecule has 0 aliphatic carbocycles. The molecule has 0 radical (unpaired) electrons. The molecular formula is C20H22N2O. The molecule has 0 aromatic heterocycles. The van der Waals surface area contributed by atoms with Gasteiger partial charge in [-0.3, -0.25) is 4.99 Å². The van der Waals surface area contributed by atoms with Gasteiger partial charge in [-0.2, -0.15) is 0 Å². The maximum absolute atomic E-state index is 5.93. The number of allylic oxidation sites excluding steroid dienone is 2. The molecule has 0 fully saturated rings. The van der Waals surface area contributed by atoms with E-state index >= 15 is 0 Å². The van der Waals surface area contributed by atoms with E-state index in [1.54, 1.807) is 7.05 Å². The summed E-state index contributed by atoms with van der Waals surface area (Å²) in [5.74, 6) is 1.59. The Kier molecular flexibility index (Phi) is 5.36. The van der Waals surface area contributed by atoms with E-state index in [1.165, 1.54) is 0 Å². The van der Waals surface area contributed by atoms with Crippen LogP contribution >= 0.6 is 0 Å². The zero-order valence-electron chi connectivity index (χ0n) is 13.8. The van der Waals surface area contributed by atoms with Crippen LogP contribution in [-0.2, 0) is 0 Å². The third-order valence-electron chi connectivity index (χ3n) is 3.39. The predicted molar refractivity (Wildman–Crippen MR) is 97.1 cm³/mol. The van der Waals surface area contributed by atoms with E-state index in [-0.39, 0.29) is 0 Å². The molecule has 0 saturated heterocycles. The second kappa shape index (κ2) is 7.45. The van der Waals surface area contributed by atoms with Gasteiger partial charge in [0.2, 0.25) is 0 Å². The van der Waals surface area contributed by atoms with Crippen molar-refractivity contribution in [3.8, 4) is 11.5 Å². The molecule has 2 N–H and O–H groups in total. The predicted octanol–water partition coefficient (Wildman–Crippen LogP) is 4.71. The standard InChI is InChI=1S/C20H22N2O/c1-14(2)19(15(3)21)20(22-4)16-10-12-18(13-11-16)23-17-8-6-5-7-9-17/h5-13H,3,21H2,1-2,4H3. The number of hydrogen-bond acceptors (Lipinski definition) is 3. The largest absolute Gasteiger partial charge is 0.457 e. The lowest BCUT2D eigenvalue weighted by Gasteiger charge is -2.14. The van der Waals surface area contributed by atoms with Gasteiger partial charge in [0.05, 0.1) is 5.71 Å². The zero-order chi connectivity index (χ0) is 16.8. The highest BCUT2D eigenvalue weighted by Crippen LogP contribution is 2.23. The Morgan fingerprint density at radius 3 is 2.00 bits per heavy atom. The summed E-state index contributed by atoms with van der Waals surface area (Å²) >= 11 is 0. The molecule has 0 spiro atoms. The molecule has 0 atom stereocenters. The second-order valence-electron chi connectivity index (χ2n) is 5.41. The van der Waals surface area contributed by atoms with Crippen LogP contribution in [0.3, 0.4) is 0 Å². The van der Waals surface area contributed by atoms with Gasteiger partial charge in [-0.05, 0) is 50.2 Å². The average Bonchev–Trinajstić information content (AvgIpc) is 2.53. The minimum absolute atomic E-state index is 0.523. The molecule has 0 amide bonds. The van der Waals surface area contributed by atoms with E-state index in [2.05, 4.69) is 11.6 Å². The van der Waals surface area contributed by atoms with Gasteiger partial charge < -0.3 is 10.5 Å². The fourth-order valence-corrected chi connectivity index (χ4v) is 2.40. The Bertz CT molecular complexity index is 737. The normalized spacial score (nSPS) is 11.0. The van der Waals surface area contributed by atoms with E-state index in [0.717, 1.165) is 33.9 Å². The van der Waals surface area contributed by atoms with Crippen LogP contribution in [0, 0.1) is 0 Å². The highest BCUT2D eigenvalue weighted by atomic mass is 16.5. The first-order chi connectivity index (χ1) is 11.0. The molecule has 2 aromatic carbocycles. The van der Waals surface area contributed by atoms with Crippen molar-refractivity contribution in [2.45, 2.75) is 13.8 Å². The SMILES string of the molecule is C=C(N)C(C(=NC)c1ccc(Oc2ccccc2)cc1)=C(C)C. The molecule has 0 unspecified atom stereocenters. The first kappa shape index (κ1) is 16.6. The first-order valence-electron chi connectivity index (χ1n) is 7.45. The lowest BCUT2D eigenvalue weighted by Crippen LogP contribution is -2.13. The molecule has 0 aliphatic rings. The molecule has 0 saturated carbocycles. The summed E-state index contributed by atoms with van der Waals surface area (Å²) < 4.78 is 5.81. The summed E-state index contributed by atoms with van der Waals surface area (Å²) in [4.78, 5) is 4.39. The van der Waals surface area contributed by atoms with Gasteiger partial charge >= 0.3 is 0 Å². The molecular weight excluding hydrogens is 284 g/mol. The summed E-state index contributed by atoms with van der Waals surface area (Å²) in [5.41, 5.74) is 10.2. The van der Waals surface area contributed by atoms with Crippen LogP contribution in [0.5, 0.6) is 11.5 Å². The number of benzene rings is 2. The maximum atomic E-state index is 5.93. The van der Waals surface area contributed by atoms with Crippen molar-refractivity contribution < 1.29 is 4.74 Å². The summed E-state index contributed by atoms with van der Waals surface area (Å²) in [6.45, 7) is 7.87. The molecule has 0 bridgehead atoms. The maximum Gasteiger partial charge on any atom is 0.127 e. The minimum Gasteiger partial charge on any atom is -0.457 e. The van der Waals surface area contributed by atoms with Crippen LogP contribution in [0.25, 0.3) is 0 Å². The number of nitrogens with zero attached hydrogens (tertiary/aromatic N) is 1. The number of hydrogen-bond donors (Lipinski definition) is 1. The number of rotatable bonds is 5. The van der Waals surface area contributed by atoms with Gasteiger partial charge in [-0.1, -0.05) is 30.4 Å². The number of ether oxygens (including phenoxy) is 1. The summed E-state index contributed by atoms with van der Waals surface area (Å²) in [6, 6.07) is 17.5. The third-order valence-corrected chi connectivity index (χ3v) is 3.39. The van der Waals surface area contributed by atoms with Crippen LogP contribution in [0.1, 0.15) is 19.4 Å². The van der Waals surface area contributed by atoms with Gasteiger partial charge in [0.25, 0.3) is 0 Å². The van der Waals surface area contributed by atoms with Crippen LogP contribution in [0.4, 0.5) is 0 Å². The lowest BCUT2D eigenvalue weighted by atomic mass is 9.96. The topological polar surface area (TPSA) is 47.6 Å². The third kappa shape index (κ3) is 4.10. The highest BCUT2D eigenvalue weighted by molar-refractivity contribution is 6.15. The summed E-state index contributed by atoms with van der Waals surface area (Å²) in [6.07, 6.45) is 0. The van der Waals surface area contributed by atoms with Crippen molar-refractivity contribution in [2.24, 2.45) is 10.7 Å². The van der Waals surface area contributed by atoms with Crippen LogP contribution < -0.4 is 10.5 Å². The van der Waals surface area contributed by atoms with Crippen molar-refractivity contribution in [1.82, 2.24) is 0 Å². The molecule has 3 heteroatoms. The van der Waals surface area contributed by atoms with E-state index in [1.807, 2.05) is 68.4 Å². The summed E-state index contributed by atoms with van der Waals surface area (Å²) in [5, 5.41) is 0. The molecule has 118 valence electrons. The highest BCUT2D eigenvalue weighted by Gasteiger charge is 2.12. The smallest absolute Gasteiger partial charge is 0.127 e. The van der Waals surface area contributed by atoms with E-state index < -0.39 is 0 Å². The Hall–Kier alpha value is -2.81. The van der Waals surface area contributed by atoms with E-state index in [9.17, 15) is 0 Å². The quantitative estimate of drug-likeness (QED) is 0.642. The zero-order valence-corrected chi connectivity index (χ0v) is 13.8. The fraction of sp³-hybridized carbons (Fsp3) is 0.150. The molecule has 2 aromatic rings. The van der Waals surface area contributed by atoms with Crippen LogP contribution in [0.15, 0.2) is 83.0 Å². The first-order valence-corrected chi connectivity index (χ1v) is 7.45. The van der Waals surface area contributed by atoms with Gasteiger partial charge in [0.15, 0.2) is 0 Å². The molecule has 23 heavy (non-hydrogen) atoms. The van der Waals surface area contributed by atoms with Crippen molar-refractivity contribution in [2.75, 3.05) is 7.05 Å². The Morgan fingerprint density at radius 2 is 1.52 bits per heavy atom. The molecule has 0 heterocycles. The van der Waals surface area contributed by atoms with E-state index in [0.29, 0.717) is 5.70 Å². The van der Waals surface area contributed by atoms with Crippen molar-refractivity contribution in [1.29, 1.82) is 0 Å². The number of nitrogens with two attached hydrogens (primary N) is 1. The molecule has 2 rings (SSSR count). The van der Waals surface area contributed by atoms with E-state index in [4.69, 9.17) is 10.5 Å². The second-order valence-corrected chi connectivity index (χ2v) is 5.41. The van der Waals surface area contributed by atoms with Crippen molar-refractivity contribution >= 4 is 5.71 Å². The van der Waals surface area contributed by atoms with Gasteiger partial charge in [0, 0.05) is 23.9 Å². The Balaban J connectivity index is 2.28. The average molecular weight is 306 g/mol. The van der Waals surface area contributed by atoms with Gasteiger partial charge in [-0.25, -0.2) is 0 Å². The van der Waals surface area contributed by atoms with Crippen LogP contribution in [0.2, 0.25) is 0 Å². The molecule has 0 aliphatic heterocycles. The molecule has 3 nitrogen and oxygen atoms in total. The number of para-hydroxylation sites is 1. The van der Waals surface area contributed by atoms with Gasteiger partial charge in [-0.15, -0.1) is 0 Å². The van der Waals surface area contributed by atoms with Crippen molar-refractivity contribution in [3.05, 3.63) is 83.6 Å². The Labute approximate surface area is 137 Å². The Morgan fingerprint density at radius 1 is 0.957 bits per heavy atom. The fourth-order valence-electron chi connectivity index (χ4n) is 2.40.